The molecular weight excluding hydrogens is 226 g/mol. The van der Waals surface area contributed by atoms with Crippen molar-refractivity contribution in [3.8, 4) is 0 Å². The Morgan fingerprint density at radius 3 is 2.81 bits per heavy atom. The van der Waals surface area contributed by atoms with E-state index in [1.54, 1.807) is 19.4 Å². The summed E-state index contributed by atoms with van der Waals surface area (Å²) in [6, 6.07) is 1.84. The van der Waals surface area contributed by atoms with Crippen LogP contribution in [0.3, 0.4) is 0 Å². The van der Waals surface area contributed by atoms with E-state index in [0.717, 1.165) is 18.4 Å². The standard InChI is InChI=1S/C10H19N3O2S/c1-3-4-7-13(2)16(14,15)12-9-10-5-6-11-8-10/h5-6,8,11-12H,3-4,7,9H2,1-2H3. The third kappa shape index (κ3) is 3.96. The van der Waals surface area contributed by atoms with Crippen LogP contribution in [0.5, 0.6) is 0 Å². The Kier molecular flexibility index (Phi) is 4.98. The molecule has 1 aromatic heterocycles. The third-order valence-corrected chi connectivity index (χ3v) is 3.87. The number of nitrogens with zero attached hydrogens (tertiary/aromatic N) is 1. The first-order valence-corrected chi connectivity index (χ1v) is 6.83. The molecule has 0 aliphatic rings. The van der Waals surface area contributed by atoms with Gasteiger partial charge in [-0.25, -0.2) is 0 Å². The fourth-order valence-electron chi connectivity index (χ4n) is 1.25. The Bertz CT molecular complexity index is 386. The molecular formula is C10H19N3O2S. The first kappa shape index (κ1) is 13.2. The summed E-state index contributed by atoms with van der Waals surface area (Å²) >= 11 is 0. The molecule has 5 nitrogen and oxygen atoms in total. The van der Waals surface area contributed by atoms with Crippen molar-refractivity contribution in [1.29, 1.82) is 0 Å². The van der Waals surface area contributed by atoms with Gasteiger partial charge in [0.15, 0.2) is 0 Å². The third-order valence-electron chi connectivity index (χ3n) is 2.36. The summed E-state index contributed by atoms with van der Waals surface area (Å²) in [4.78, 5) is 2.88. The SMILES string of the molecule is CCCCN(C)S(=O)(=O)NCc1cc[nH]c1. The van der Waals surface area contributed by atoms with Crippen LogP contribution in [0.15, 0.2) is 18.5 Å². The van der Waals surface area contributed by atoms with Crippen molar-refractivity contribution < 1.29 is 8.42 Å². The summed E-state index contributed by atoms with van der Waals surface area (Å²) < 4.78 is 27.4. The molecule has 0 amide bonds. The molecule has 6 heteroatoms. The smallest absolute Gasteiger partial charge is 0.279 e. The highest BCUT2D eigenvalue weighted by Crippen LogP contribution is 2.01. The van der Waals surface area contributed by atoms with Gasteiger partial charge >= 0.3 is 0 Å². The van der Waals surface area contributed by atoms with E-state index in [1.165, 1.54) is 4.31 Å². The Morgan fingerprint density at radius 1 is 1.50 bits per heavy atom. The van der Waals surface area contributed by atoms with Crippen LogP contribution >= 0.6 is 0 Å². The van der Waals surface area contributed by atoms with E-state index in [2.05, 4.69) is 9.71 Å². The maximum absolute atomic E-state index is 11.7. The number of aromatic nitrogens is 1. The highest BCUT2D eigenvalue weighted by Gasteiger charge is 2.15. The zero-order valence-corrected chi connectivity index (χ0v) is 10.5. The molecule has 2 N–H and O–H groups in total. The molecule has 92 valence electrons. The lowest BCUT2D eigenvalue weighted by Crippen LogP contribution is -2.38. The van der Waals surface area contributed by atoms with E-state index < -0.39 is 10.2 Å². The summed E-state index contributed by atoms with van der Waals surface area (Å²) in [7, 11) is -1.75. The van der Waals surface area contributed by atoms with Gasteiger partial charge in [0.25, 0.3) is 10.2 Å². The maximum Gasteiger partial charge on any atom is 0.279 e. The summed E-state index contributed by atoms with van der Waals surface area (Å²) in [5, 5.41) is 0. The number of nitrogens with one attached hydrogen (secondary N) is 2. The molecule has 0 aromatic carbocycles. The quantitative estimate of drug-likeness (QED) is 0.755. The Morgan fingerprint density at radius 2 is 2.25 bits per heavy atom. The largest absolute Gasteiger partial charge is 0.367 e. The Balaban J connectivity index is 2.45. The molecule has 1 heterocycles. The molecule has 0 radical (unpaired) electrons. The molecule has 16 heavy (non-hydrogen) atoms. The van der Waals surface area contributed by atoms with Gasteiger partial charge in [0, 0.05) is 32.5 Å². The highest BCUT2D eigenvalue weighted by molar-refractivity contribution is 7.87. The minimum atomic E-state index is -3.34. The summed E-state index contributed by atoms with van der Waals surface area (Å²) in [5.41, 5.74) is 0.924. The second kappa shape index (κ2) is 6.03. The minimum absolute atomic E-state index is 0.322. The van der Waals surface area contributed by atoms with Crippen molar-refractivity contribution in [2.24, 2.45) is 0 Å². The molecule has 0 unspecified atom stereocenters. The lowest BCUT2D eigenvalue weighted by Gasteiger charge is -2.16. The van der Waals surface area contributed by atoms with E-state index in [4.69, 9.17) is 0 Å². The monoisotopic (exact) mass is 245 g/mol. The minimum Gasteiger partial charge on any atom is -0.367 e. The van der Waals surface area contributed by atoms with Crippen molar-refractivity contribution in [2.45, 2.75) is 26.3 Å². The molecule has 0 spiro atoms. The number of hydrogen-bond acceptors (Lipinski definition) is 2. The van der Waals surface area contributed by atoms with Crippen molar-refractivity contribution in [1.82, 2.24) is 14.0 Å². The number of rotatable bonds is 7. The molecule has 0 bridgehead atoms. The predicted octanol–water partition coefficient (Wildman–Crippen LogP) is 1.08. The lowest BCUT2D eigenvalue weighted by atomic mass is 10.3. The lowest BCUT2D eigenvalue weighted by molar-refractivity contribution is 0.448. The fourth-order valence-corrected chi connectivity index (χ4v) is 2.19. The van der Waals surface area contributed by atoms with Crippen LogP contribution in [-0.2, 0) is 16.8 Å². The zero-order chi connectivity index (χ0) is 12.0. The average molecular weight is 245 g/mol. The van der Waals surface area contributed by atoms with Crippen molar-refractivity contribution in [3.05, 3.63) is 24.0 Å². The summed E-state index contributed by atoms with van der Waals surface area (Å²) in [6.45, 7) is 2.91. The van der Waals surface area contributed by atoms with E-state index in [-0.39, 0.29) is 0 Å². The van der Waals surface area contributed by atoms with Gasteiger partial charge in [-0.05, 0) is 18.1 Å². The van der Waals surface area contributed by atoms with Gasteiger partial charge in [0.1, 0.15) is 0 Å². The number of unbranched alkanes of at least 4 members (excludes halogenated alkanes) is 1. The predicted molar refractivity (Wildman–Crippen MR) is 64.1 cm³/mol. The van der Waals surface area contributed by atoms with Gasteiger partial charge in [0.05, 0.1) is 0 Å². The van der Waals surface area contributed by atoms with Gasteiger partial charge in [0.2, 0.25) is 0 Å². The second-order valence-corrected chi connectivity index (χ2v) is 5.58. The first-order valence-electron chi connectivity index (χ1n) is 5.39. The van der Waals surface area contributed by atoms with Crippen LogP contribution in [0.1, 0.15) is 25.3 Å². The van der Waals surface area contributed by atoms with Crippen LogP contribution in [0.2, 0.25) is 0 Å². The van der Waals surface area contributed by atoms with Crippen LogP contribution in [0, 0.1) is 0 Å². The Hall–Kier alpha value is -0.850. The van der Waals surface area contributed by atoms with Crippen LogP contribution < -0.4 is 4.72 Å². The van der Waals surface area contributed by atoms with Gasteiger partial charge in [-0.15, -0.1) is 0 Å². The normalized spacial score (nSPS) is 12.2. The van der Waals surface area contributed by atoms with E-state index >= 15 is 0 Å². The van der Waals surface area contributed by atoms with Gasteiger partial charge in [-0.3, -0.25) is 0 Å². The van der Waals surface area contributed by atoms with Gasteiger partial charge in [-0.2, -0.15) is 17.4 Å². The number of hydrogen-bond donors (Lipinski definition) is 2. The molecule has 0 aliphatic carbocycles. The summed E-state index contributed by atoms with van der Waals surface area (Å²) in [5.74, 6) is 0. The van der Waals surface area contributed by atoms with E-state index in [9.17, 15) is 8.42 Å². The van der Waals surface area contributed by atoms with Crippen molar-refractivity contribution in [3.63, 3.8) is 0 Å². The number of aromatic amines is 1. The highest BCUT2D eigenvalue weighted by atomic mass is 32.2. The molecule has 0 saturated heterocycles. The van der Waals surface area contributed by atoms with E-state index in [0.29, 0.717) is 13.1 Å². The van der Waals surface area contributed by atoms with E-state index in [1.807, 2.05) is 13.0 Å². The summed E-state index contributed by atoms with van der Waals surface area (Å²) in [6.07, 6.45) is 5.40. The molecule has 0 saturated carbocycles. The fraction of sp³-hybridized carbons (Fsp3) is 0.600. The first-order chi connectivity index (χ1) is 7.56. The van der Waals surface area contributed by atoms with Crippen molar-refractivity contribution in [2.75, 3.05) is 13.6 Å². The van der Waals surface area contributed by atoms with Crippen LogP contribution in [0.4, 0.5) is 0 Å². The topological polar surface area (TPSA) is 65.2 Å². The maximum atomic E-state index is 11.7. The molecule has 0 aliphatic heterocycles. The Labute approximate surface area is 97.0 Å². The molecule has 1 rings (SSSR count). The van der Waals surface area contributed by atoms with Crippen LogP contribution in [-0.4, -0.2) is 31.3 Å². The zero-order valence-electron chi connectivity index (χ0n) is 9.73. The van der Waals surface area contributed by atoms with Gasteiger partial charge in [-0.1, -0.05) is 13.3 Å². The molecule has 0 atom stereocenters. The average Bonchev–Trinajstić information content (AvgIpc) is 2.76. The number of H-pyrrole nitrogens is 1. The van der Waals surface area contributed by atoms with Crippen molar-refractivity contribution >= 4 is 10.2 Å². The molecule has 0 fully saturated rings. The second-order valence-electron chi connectivity index (χ2n) is 3.72. The van der Waals surface area contributed by atoms with Gasteiger partial charge < -0.3 is 4.98 Å². The van der Waals surface area contributed by atoms with Crippen LogP contribution in [0.25, 0.3) is 0 Å². The molecule has 1 aromatic rings.